The minimum atomic E-state index is -1.04. The highest BCUT2D eigenvalue weighted by atomic mass is 19.1. The molecule has 0 fully saturated rings. The number of allylic oxidation sites excluding steroid dienone is 1. The first-order valence-corrected chi connectivity index (χ1v) is 6.22. The van der Waals surface area contributed by atoms with Gasteiger partial charge in [-0.2, -0.15) is 0 Å². The summed E-state index contributed by atoms with van der Waals surface area (Å²) in [6.07, 6.45) is 1.00. The lowest BCUT2D eigenvalue weighted by atomic mass is 9.95. The molecule has 104 valence electrons. The van der Waals surface area contributed by atoms with Crippen LogP contribution in [0, 0.1) is 11.7 Å². The highest BCUT2D eigenvalue weighted by Crippen LogP contribution is 2.27. The van der Waals surface area contributed by atoms with Gasteiger partial charge in [-0.3, -0.25) is 0 Å². The molecule has 4 heteroatoms. The molecule has 1 N–H and O–H groups in total. The van der Waals surface area contributed by atoms with Crippen LogP contribution in [-0.2, 0) is 4.79 Å². The molecule has 19 heavy (non-hydrogen) atoms. The monoisotopic (exact) mass is 266 g/mol. The van der Waals surface area contributed by atoms with E-state index < -0.39 is 11.8 Å². The molecule has 0 amide bonds. The van der Waals surface area contributed by atoms with Crippen molar-refractivity contribution in [3.63, 3.8) is 0 Å². The lowest BCUT2D eigenvalue weighted by Gasteiger charge is -2.14. The van der Waals surface area contributed by atoms with Gasteiger partial charge in [0, 0.05) is 6.08 Å². The summed E-state index contributed by atoms with van der Waals surface area (Å²) in [5.74, 6) is -1.35. The molecule has 0 bridgehead atoms. The van der Waals surface area contributed by atoms with E-state index in [0.717, 1.165) is 6.08 Å². The average Bonchev–Trinajstić information content (AvgIpc) is 2.27. The number of halogens is 1. The molecule has 0 radical (unpaired) electrons. The van der Waals surface area contributed by atoms with E-state index in [1.54, 1.807) is 6.07 Å². The molecule has 0 saturated carbocycles. The maximum absolute atomic E-state index is 13.9. The molecule has 0 atom stereocenters. The predicted molar refractivity (Wildman–Crippen MR) is 72.6 cm³/mol. The number of aliphatic carboxylic acids is 1. The zero-order chi connectivity index (χ0) is 14.6. The van der Waals surface area contributed by atoms with E-state index in [9.17, 15) is 9.18 Å². The molecule has 0 aromatic heterocycles. The quantitative estimate of drug-likeness (QED) is 0.826. The Morgan fingerprint density at radius 3 is 2.37 bits per heavy atom. The number of rotatable bonds is 5. The fourth-order valence-corrected chi connectivity index (χ4v) is 1.75. The van der Waals surface area contributed by atoms with Gasteiger partial charge in [0.15, 0.2) is 11.6 Å². The molecule has 0 aliphatic carbocycles. The molecule has 1 aromatic carbocycles. The van der Waals surface area contributed by atoms with Crippen LogP contribution in [0.2, 0.25) is 0 Å². The van der Waals surface area contributed by atoms with Crippen molar-refractivity contribution in [1.29, 1.82) is 0 Å². The van der Waals surface area contributed by atoms with Gasteiger partial charge in [0.1, 0.15) is 0 Å². The minimum absolute atomic E-state index is 0.00707. The van der Waals surface area contributed by atoms with E-state index in [-0.39, 0.29) is 17.8 Å². The van der Waals surface area contributed by atoms with Crippen molar-refractivity contribution in [3.8, 4) is 5.75 Å². The van der Waals surface area contributed by atoms with Crippen LogP contribution >= 0.6 is 0 Å². The molecule has 0 saturated heterocycles. The number of ether oxygens (including phenoxy) is 1. The Hall–Kier alpha value is -1.84. The second-order valence-corrected chi connectivity index (χ2v) is 4.90. The summed E-state index contributed by atoms with van der Waals surface area (Å²) >= 11 is 0. The third-order valence-corrected chi connectivity index (χ3v) is 2.53. The molecule has 1 rings (SSSR count). The summed E-state index contributed by atoms with van der Waals surface area (Å²) in [6.45, 7) is 7.37. The highest BCUT2D eigenvalue weighted by Gasteiger charge is 2.12. The van der Waals surface area contributed by atoms with Crippen LogP contribution in [0.5, 0.6) is 5.75 Å². The fourth-order valence-electron chi connectivity index (χ4n) is 1.75. The number of carboxylic acid groups (broad SMARTS) is 1. The summed E-state index contributed by atoms with van der Waals surface area (Å²) in [7, 11) is 0. The Bertz CT molecular complexity index is 490. The maximum Gasteiger partial charge on any atom is 0.328 e. The van der Waals surface area contributed by atoms with Gasteiger partial charge in [0.05, 0.1) is 6.10 Å². The van der Waals surface area contributed by atoms with Crippen molar-refractivity contribution >= 4 is 11.5 Å². The highest BCUT2D eigenvalue weighted by molar-refractivity contribution is 5.90. The zero-order valence-corrected chi connectivity index (χ0v) is 11.6. The third-order valence-electron chi connectivity index (χ3n) is 2.53. The first-order chi connectivity index (χ1) is 8.81. The molecule has 0 spiro atoms. The summed E-state index contributed by atoms with van der Waals surface area (Å²) in [4.78, 5) is 10.8. The summed E-state index contributed by atoms with van der Waals surface area (Å²) in [6, 6.07) is 4.52. The first kappa shape index (κ1) is 15.2. The lowest BCUT2D eigenvalue weighted by molar-refractivity contribution is -0.131. The van der Waals surface area contributed by atoms with Crippen molar-refractivity contribution in [3.05, 3.63) is 35.7 Å². The van der Waals surface area contributed by atoms with Crippen LogP contribution in [0.15, 0.2) is 24.3 Å². The smallest absolute Gasteiger partial charge is 0.328 e. The largest absolute Gasteiger partial charge is 0.488 e. The molecule has 0 aliphatic rings. The molecular formula is C15H19FO3. The van der Waals surface area contributed by atoms with Gasteiger partial charge in [0.25, 0.3) is 0 Å². The minimum Gasteiger partial charge on any atom is -0.488 e. The normalized spacial score (nSPS) is 12.1. The second-order valence-electron chi connectivity index (χ2n) is 4.90. The number of benzene rings is 1. The van der Waals surface area contributed by atoms with Gasteiger partial charge in [-0.1, -0.05) is 19.9 Å². The molecule has 0 unspecified atom stereocenters. The van der Waals surface area contributed by atoms with Crippen molar-refractivity contribution in [2.24, 2.45) is 5.92 Å². The number of hydrogen-bond acceptors (Lipinski definition) is 2. The SMILES string of the molecule is CC(C)Oc1ccc(/C(=C/C(=O)O)C(C)C)cc1F. The van der Waals surface area contributed by atoms with Crippen LogP contribution in [-0.4, -0.2) is 17.2 Å². The molecule has 0 heterocycles. The number of carbonyl (C=O) groups is 1. The lowest BCUT2D eigenvalue weighted by Crippen LogP contribution is -2.07. The molecule has 3 nitrogen and oxygen atoms in total. The van der Waals surface area contributed by atoms with Gasteiger partial charge < -0.3 is 9.84 Å². The number of hydrogen-bond donors (Lipinski definition) is 1. The van der Waals surface area contributed by atoms with Crippen molar-refractivity contribution < 1.29 is 19.0 Å². The Labute approximate surface area is 112 Å². The zero-order valence-electron chi connectivity index (χ0n) is 11.6. The van der Waals surface area contributed by atoms with E-state index in [1.807, 2.05) is 27.7 Å². The molecular weight excluding hydrogens is 247 g/mol. The Morgan fingerprint density at radius 1 is 1.32 bits per heavy atom. The van der Waals surface area contributed by atoms with Crippen molar-refractivity contribution in [2.75, 3.05) is 0 Å². The predicted octanol–water partition coefficient (Wildman–Crippen LogP) is 3.74. The van der Waals surface area contributed by atoms with Gasteiger partial charge in [-0.25, -0.2) is 9.18 Å². The van der Waals surface area contributed by atoms with Crippen molar-refractivity contribution in [1.82, 2.24) is 0 Å². The summed E-state index contributed by atoms with van der Waals surface area (Å²) < 4.78 is 19.2. The van der Waals surface area contributed by atoms with Crippen LogP contribution in [0.25, 0.3) is 5.57 Å². The van der Waals surface area contributed by atoms with Crippen LogP contribution in [0.1, 0.15) is 33.3 Å². The van der Waals surface area contributed by atoms with Gasteiger partial charge in [-0.15, -0.1) is 0 Å². The topological polar surface area (TPSA) is 46.5 Å². The van der Waals surface area contributed by atoms with E-state index in [0.29, 0.717) is 11.1 Å². The summed E-state index contributed by atoms with van der Waals surface area (Å²) in [5, 5.41) is 8.84. The van der Waals surface area contributed by atoms with E-state index >= 15 is 0 Å². The number of carboxylic acids is 1. The Morgan fingerprint density at radius 2 is 1.95 bits per heavy atom. The summed E-state index contributed by atoms with van der Waals surface area (Å²) in [5.41, 5.74) is 1.15. The van der Waals surface area contributed by atoms with Gasteiger partial charge in [-0.05, 0) is 43.0 Å². The van der Waals surface area contributed by atoms with Gasteiger partial charge >= 0.3 is 5.97 Å². The first-order valence-electron chi connectivity index (χ1n) is 6.22. The van der Waals surface area contributed by atoms with E-state index in [4.69, 9.17) is 9.84 Å². The van der Waals surface area contributed by atoms with Crippen molar-refractivity contribution in [2.45, 2.75) is 33.8 Å². The molecule has 1 aromatic rings. The van der Waals surface area contributed by atoms with Crippen LogP contribution < -0.4 is 4.74 Å². The average molecular weight is 266 g/mol. The van der Waals surface area contributed by atoms with E-state index in [2.05, 4.69) is 0 Å². The van der Waals surface area contributed by atoms with Crippen LogP contribution in [0.3, 0.4) is 0 Å². The Balaban J connectivity index is 3.14. The van der Waals surface area contributed by atoms with Gasteiger partial charge in [0.2, 0.25) is 0 Å². The maximum atomic E-state index is 13.9. The molecule has 0 aliphatic heterocycles. The Kier molecular flexibility index (Phi) is 5.10. The van der Waals surface area contributed by atoms with E-state index in [1.165, 1.54) is 12.1 Å². The fraction of sp³-hybridized carbons (Fsp3) is 0.400. The standard InChI is InChI=1S/C15H19FO3/c1-9(2)12(8-15(17)18)11-5-6-14(13(16)7-11)19-10(3)4/h5-10H,1-4H3,(H,17,18)/b12-8+. The van der Waals surface area contributed by atoms with Crippen LogP contribution in [0.4, 0.5) is 4.39 Å². The second kappa shape index (κ2) is 6.36. The third kappa shape index (κ3) is 4.39.